The molecule has 3 rings (SSSR count). The average Bonchev–Trinajstić information content (AvgIpc) is 2.88. The largest absolute Gasteiger partial charge is 0.340 e. The molecule has 1 fully saturated rings. The highest BCUT2D eigenvalue weighted by atomic mass is 35.5. The second-order valence-corrected chi connectivity index (χ2v) is 6.25. The van der Waals surface area contributed by atoms with Gasteiger partial charge in [-0.1, -0.05) is 23.7 Å². The van der Waals surface area contributed by atoms with Crippen molar-refractivity contribution < 1.29 is 9.59 Å². The summed E-state index contributed by atoms with van der Waals surface area (Å²) in [6, 6.07) is 10.2. The lowest BCUT2D eigenvalue weighted by Crippen LogP contribution is -2.41. The molecule has 0 bridgehead atoms. The number of aryl methyl sites for hydroxylation is 2. The van der Waals surface area contributed by atoms with Gasteiger partial charge in [-0.15, -0.1) is 0 Å². The Kier molecular flexibility index (Phi) is 4.53. The number of aromatic nitrogens is 1. The molecule has 0 unspecified atom stereocenters. The molecule has 1 atom stereocenters. The van der Waals surface area contributed by atoms with Gasteiger partial charge in [0, 0.05) is 12.2 Å². The first kappa shape index (κ1) is 16.5. The number of anilines is 1. The van der Waals surface area contributed by atoms with Crippen LogP contribution >= 0.6 is 11.6 Å². The van der Waals surface area contributed by atoms with Gasteiger partial charge in [-0.3, -0.25) is 14.6 Å². The van der Waals surface area contributed by atoms with Crippen LogP contribution in [0, 0.1) is 13.8 Å². The van der Waals surface area contributed by atoms with Gasteiger partial charge >= 0.3 is 0 Å². The zero-order valence-corrected chi connectivity index (χ0v) is 14.3. The van der Waals surface area contributed by atoms with Crippen molar-refractivity contribution in [1.29, 1.82) is 0 Å². The van der Waals surface area contributed by atoms with E-state index >= 15 is 0 Å². The van der Waals surface area contributed by atoms with Gasteiger partial charge in [0.2, 0.25) is 5.91 Å². The van der Waals surface area contributed by atoms with Gasteiger partial charge in [-0.05, 0) is 44.5 Å². The van der Waals surface area contributed by atoms with Crippen LogP contribution in [0.5, 0.6) is 0 Å². The number of benzene rings is 1. The highest BCUT2D eigenvalue weighted by Gasteiger charge is 2.34. The van der Waals surface area contributed by atoms with Crippen molar-refractivity contribution in [3.05, 3.63) is 58.4 Å². The van der Waals surface area contributed by atoms with Crippen molar-refractivity contribution in [3.63, 3.8) is 0 Å². The molecule has 0 saturated carbocycles. The molecule has 1 aliphatic rings. The highest BCUT2D eigenvalue weighted by Crippen LogP contribution is 2.29. The molecule has 0 spiro atoms. The Morgan fingerprint density at radius 3 is 2.71 bits per heavy atom. The minimum Gasteiger partial charge on any atom is -0.340 e. The number of para-hydroxylation sites is 1. The zero-order chi connectivity index (χ0) is 17.3. The molecular formula is C18H18ClN3O2. The summed E-state index contributed by atoms with van der Waals surface area (Å²) in [5.74, 6) is -0.423. The SMILES string of the molecule is Cc1ccc(C(=O)N[C@@H]2CCN(c3ccccc3Cl)C2=O)c(C)n1. The molecule has 2 aromatic rings. The molecule has 2 amide bonds. The van der Waals surface area contributed by atoms with Gasteiger partial charge in [0.1, 0.15) is 6.04 Å². The standard InChI is InChI=1S/C18H18ClN3O2/c1-11-7-8-13(12(2)20-11)17(23)21-15-9-10-22(18(15)24)16-6-4-3-5-14(16)19/h3-8,15H,9-10H2,1-2H3,(H,21,23)/t15-/m1/s1. The fourth-order valence-electron chi connectivity index (χ4n) is 2.89. The fraction of sp³-hybridized carbons (Fsp3) is 0.278. The summed E-state index contributed by atoms with van der Waals surface area (Å²) in [6.07, 6.45) is 0.550. The molecule has 1 saturated heterocycles. The van der Waals surface area contributed by atoms with Crippen LogP contribution in [0.3, 0.4) is 0 Å². The van der Waals surface area contributed by atoms with E-state index in [2.05, 4.69) is 10.3 Å². The lowest BCUT2D eigenvalue weighted by molar-refractivity contribution is -0.118. The van der Waals surface area contributed by atoms with Crippen LogP contribution in [-0.2, 0) is 4.79 Å². The van der Waals surface area contributed by atoms with Crippen LogP contribution < -0.4 is 10.2 Å². The second kappa shape index (κ2) is 6.61. The van der Waals surface area contributed by atoms with Crippen LogP contribution in [-0.4, -0.2) is 29.4 Å². The molecule has 2 heterocycles. The van der Waals surface area contributed by atoms with Gasteiger partial charge in [-0.2, -0.15) is 0 Å². The summed E-state index contributed by atoms with van der Waals surface area (Å²) in [7, 11) is 0. The Bertz CT molecular complexity index is 807. The third kappa shape index (κ3) is 3.12. The normalized spacial score (nSPS) is 17.2. The number of nitrogens with one attached hydrogen (secondary N) is 1. The number of hydrogen-bond acceptors (Lipinski definition) is 3. The summed E-state index contributed by atoms with van der Waals surface area (Å²) in [5.41, 5.74) is 2.67. The van der Waals surface area contributed by atoms with Crippen molar-refractivity contribution >= 4 is 29.1 Å². The van der Waals surface area contributed by atoms with E-state index in [1.54, 1.807) is 36.1 Å². The van der Waals surface area contributed by atoms with E-state index in [4.69, 9.17) is 11.6 Å². The molecule has 0 radical (unpaired) electrons. The average molecular weight is 344 g/mol. The van der Waals surface area contributed by atoms with Crippen molar-refractivity contribution in [1.82, 2.24) is 10.3 Å². The van der Waals surface area contributed by atoms with Crippen molar-refractivity contribution in [2.45, 2.75) is 26.3 Å². The Hall–Kier alpha value is -2.40. The van der Waals surface area contributed by atoms with Gasteiger partial charge in [0.05, 0.1) is 22.0 Å². The van der Waals surface area contributed by atoms with Gasteiger partial charge in [0.25, 0.3) is 5.91 Å². The van der Waals surface area contributed by atoms with Gasteiger partial charge < -0.3 is 10.2 Å². The van der Waals surface area contributed by atoms with Crippen molar-refractivity contribution in [3.8, 4) is 0 Å². The lowest BCUT2D eigenvalue weighted by atomic mass is 10.1. The molecule has 0 aliphatic carbocycles. The Morgan fingerprint density at radius 2 is 2.00 bits per heavy atom. The predicted octanol–water partition coefficient (Wildman–Crippen LogP) is 2.89. The number of carbonyl (C=O) groups excluding carboxylic acids is 2. The van der Waals surface area contributed by atoms with Crippen LogP contribution in [0.2, 0.25) is 5.02 Å². The monoisotopic (exact) mass is 343 g/mol. The maximum absolute atomic E-state index is 12.6. The first-order valence-electron chi connectivity index (χ1n) is 7.78. The number of amides is 2. The van der Waals surface area contributed by atoms with Gasteiger partial charge in [0.15, 0.2) is 0 Å². The topological polar surface area (TPSA) is 62.3 Å². The number of rotatable bonds is 3. The molecule has 6 heteroatoms. The third-order valence-electron chi connectivity index (χ3n) is 4.12. The predicted molar refractivity (Wildman–Crippen MR) is 93.4 cm³/mol. The first-order chi connectivity index (χ1) is 11.5. The van der Waals surface area contributed by atoms with Crippen LogP contribution in [0.4, 0.5) is 5.69 Å². The summed E-state index contributed by atoms with van der Waals surface area (Å²) in [5, 5.41) is 3.34. The molecule has 24 heavy (non-hydrogen) atoms. The molecule has 1 aromatic heterocycles. The second-order valence-electron chi connectivity index (χ2n) is 5.84. The molecular weight excluding hydrogens is 326 g/mol. The minimum absolute atomic E-state index is 0.144. The summed E-state index contributed by atoms with van der Waals surface area (Å²) in [6.45, 7) is 4.18. The zero-order valence-electron chi connectivity index (χ0n) is 13.5. The van der Waals surface area contributed by atoms with E-state index in [9.17, 15) is 9.59 Å². The summed E-state index contributed by atoms with van der Waals surface area (Å²) < 4.78 is 0. The smallest absolute Gasteiger partial charge is 0.253 e. The molecule has 1 N–H and O–H groups in total. The number of hydrogen-bond donors (Lipinski definition) is 1. The quantitative estimate of drug-likeness (QED) is 0.932. The number of carbonyl (C=O) groups is 2. The molecule has 124 valence electrons. The van der Waals surface area contributed by atoms with Crippen molar-refractivity contribution in [2.24, 2.45) is 0 Å². The molecule has 1 aliphatic heterocycles. The van der Waals surface area contributed by atoms with Gasteiger partial charge in [-0.25, -0.2) is 0 Å². The van der Waals surface area contributed by atoms with Crippen molar-refractivity contribution in [2.75, 3.05) is 11.4 Å². The van der Waals surface area contributed by atoms with E-state index < -0.39 is 6.04 Å². The lowest BCUT2D eigenvalue weighted by Gasteiger charge is -2.18. The van der Waals surface area contributed by atoms with E-state index in [0.717, 1.165) is 5.69 Å². The first-order valence-corrected chi connectivity index (χ1v) is 8.16. The van der Waals surface area contributed by atoms with Crippen LogP contribution in [0.25, 0.3) is 0 Å². The number of nitrogens with zero attached hydrogens (tertiary/aromatic N) is 2. The molecule has 5 nitrogen and oxygen atoms in total. The Morgan fingerprint density at radius 1 is 1.25 bits per heavy atom. The maximum atomic E-state index is 12.6. The Balaban J connectivity index is 1.74. The summed E-state index contributed by atoms with van der Waals surface area (Å²) in [4.78, 5) is 30.9. The number of pyridine rings is 1. The number of halogens is 1. The minimum atomic E-state index is -0.547. The van der Waals surface area contributed by atoms with Crippen LogP contribution in [0.15, 0.2) is 36.4 Å². The Labute approximate surface area is 145 Å². The van der Waals surface area contributed by atoms with E-state index in [0.29, 0.717) is 34.9 Å². The third-order valence-corrected chi connectivity index (χ3v) is 4.44. The molecule has 1 aromatic carbocycles. The van der Waals surface area contributed by atoms with E-state index in [-0.39, 0.29) is 11.8 Å². The maximum Gasteiger partial charge on any atom is 0.253 e. The fourth-order valence-corrected chi connectivity index (χ4v) is 3.12. The summed E-state index contributed by atoms with van der Waals surface area (Å²) >= 11 is 6.17. The van der Waals surface area contributed by atoms with Crippen LogP contribution in [0.1, 0.15) is 28.2 Å². The highest BCUT2D eigenvalue weighted by molar-refractivity contribution is 6.34. The van der Waals surface area contributed by atoms with E-state index in [1.807, 2.05) is 19.1 Å². The van der Waals surface area contributed by atoms with E-state index in [1.165, 1.54) is 0 Å².